The first-order valence-corrected chi connectivity index (χ1v) is 8.86. The summed E-state index contributed by atoms with van der Waals surface area (Å²) >= 11 is 1.55. The molecule has 3 rings (SSSR count). The van der Waals surface area contributed by atoms with Gasteiger partial charge in [0, 0.05) is 21.5 Å². The van der Waals surface area contributed by atoms with Crippen LogP contribution in [-0.2, 0) is 12.8 Å². The summed E-state index contributed by atoms with van der Waals surface area (Å²) in [7, 11) is 0. The van der Waals surface area contributed by atoms with Crippen LogP contribution in [0.3, 0.4) is 0 Å². The largest absolute Gasteiger partial charge is 0.347 e. The zero-order valence-corrected chi connectivity index (χ0v) is 14.9. The van der Waals surface area contributed by atoms with E-state index in [-0.39, 0.29) is 17.4 Å². The van der Waals surface area contributed by atoms with Gasteiger partial charge in [-0.05, 0) is 64.3 Å². The van der Waals surface area contributed by atoms with Crippen LogP contribution < -0.4 is 10.6 Å². The molecule has 0 saturated carbocycles. The quantitative estimate of drug-likeness (QED) is 0.897. The van der Waals surface area contributed by atoms with Crippen molar-refractivity contribution in [2.45, 2.75) is 45.6 Å². The molecule has 2 amide bonds. The highest BCUT2D eigenvalue weighted by atomic mass is 32.1. The molecule has 1 heterocycles. The number of carbonyl (C=O) groups excluding carboxylic acids is 2. The van der Waals surface area contributed by atoms with E-state index >= 15 is 0 Å². The van der Waals surface area contributed by atoms with E-state index in [4.69, 9.17) is 0 Å². The SMILES string of the molecule is CC(C)(C)NC(=O)c1ccc(C(=O)Nc2nc3c(s2)CCC3)cc1. The molecule has 0 aliphatic heterocycles. The highest BCUT2D eigenvalue weighted by Gasteiger charge is 2.19. The number of carbonyl (C=O) groups is 2. The van der Waals surface area contributed by atoms with Crippen LogP contribution in [0.2, 0.25) is 0 Å². The number of nitrogens with one attached hydrogen (secondary N) is 2. The van der Waals surface area contributed by atoms with Crippen molar-refractivity contribution < 1.29 is 9.59 Å². The lowest BCUT2D eigenvalue weighted by atomic mass is 10.1. The van der Waals surface area contributed by atoms with Crippen molar-refractivity contribution in [1.29, 1.82) is 0 Å². The van der Waals surface area contributed by atoms with Crippen LogP contribution >= 0.6 is 11.3 Å². The molecule has 0 fully saturated rings. The minimum atomic E-state index is -0.293. The summed E-state index contributed by atoms with van der Waals surface area (Å²) in [5, 5.41) is 6.39. The maximum Gasteiger partial charge on any atom is 0.257 e. The number of benzene rings is 1. The topological polar surface area (TPSA) is 71.1 Å². The Hall–Kier alpha value is -2.21. The fourth-order valence-corrected chi connectivity index (χ4v) is 3.64. The van der Waals surface area contributed by atoms with Crippen molar-refractivity contribution in [3.63, 3.8) is 0 Å². The molecule has 1 aromatic heterocycles. The van der Waals surface area contributed by atoms with E-state index in [1.165, 1.54) is 4.88 Å². The highest BCUT2D eigenvalue weighted by molar-refractivity contribution is 7.16. The van der Waals surface area contributed by atoms with Crippen LogP contribution in [0.4, 0.5) is 5.13 Å². The summed E-state index contributed by atoms with van der Waals surface area (Å²) in [5.41, 5.74) is 1.87. The lowest BCUT2D eigenvalue weighted by Gasteiger charge is -2.20. The maximum atomic E-state index is 12.3. The third-order valence-corrected chi connectivity index (χ3v) is 4.79. The second-order valence-corrected chi connectivity index (χ2v) is 8.06. The van der Waals surface area contributed by atoms with Gasteiger partial charge in [0.2, 0.25) is 0 Å². The third kappa shape index (κ3) is 3.82. The Labute approximate surface area is 145 Å². The zero-order chi connectivity index (χ0) is 17.3. The predicted molar refractivity (Wildman–Crippen MR) is 95.8 cm³/mol. The maximum absolute atomic E-state index is 12.3. The average Bonchev–Trinajstić information content (AvgIpc) is 3.06. The van der Waals surface area contributed by atoms with Gasteiger partial charge in [-0.3, -0.25) is 14.9 Å². The molecule has 1 aliphatic carbocycles. The Morgan fingerprint density at radius 3 is 2.25 bits per heavy atom. The third-order valence-electron chi connectivity index (χ3n) is 3.71. The van der Waals surface area contributed by atoms with Crippen LogP contribution in [0.15, 0.2) is 24.3 Å². The highest BCUT2D eigenvalue weighted by Crippen LogP contribution is 2.30. The lowest BCUT2D eigenvalue weighted by Crippen LogP contribution is -2.40. The number of rotatable bonds is 3. The molecule has 1 aromatic carbocycles. The Balaban J connectivity index is 1.66. The number of thiazole rings is 1. The molecule has 24 heavy (non-hydrogen) atoms. The van der Waals surface area contributed by atoms with Crippen LogP contribution in [0.1, 0.15) is 58.5 Å². The first-order valence-electron chi connectivity index (χ1n) is 8.04. The molecule has 126 valence electrons. The summed E-state index contributed by atoms with van der Waals surface area (Å²) in [5.74, 6) is -0.351. The zero-order valence-electron chi connectivity index (χ0n) is 14.1. The number of hydrogen-bond donors (Lipinski definition) is 2. The number of nitrogens with zero attached hydrogens (tertiary/aromatic N) is 1. The van der Waals surface area contributed by atoms with Gasteiger partial charge in [-0.15, -0.1) is 11.3 Å². The fraction of sp³-hybridized carbons (Fsp3) is 0.389. The summed E-state index contributed by atoms with van der Waals surface area (Å²) in [6.07, 6.45) is 3.21. The van der Waals surface area contributed by atoms with E-state index < -0.39 is 0 Å². The van der Waals surface area contributed by atoms with E-state index in [2.05, 4.69) is 15.6 Å². The van der Waals surface area contributed by atoms with E-state index in [0.29, 0.717) is 16.3 Å². The first kappa shape index (κ1) is 16.6. The monoisotopic (exact) mass is 343 g/mol. The molecule has 6 heteroatoms. The Morgan fingerprint density at radius 1 is 1.04 bits per heavy atom. The molecule has 0 spiro atoms. The molecule has 0 atom stereocenters. The van der Waals surface area contributed by atoms with E-state index in [1.807, 2.05) is 20.8 Å². The Morgan fingerprint density at radius 2 is 1.67 bits per heavy atom. The number of aryl methyl sites for hydroxylation is 2. The van der Waals surface area contributed by atoms with Crippen molar-refractivity contribution in [1.82, 2.24) is 10.3 Å². The van der Waals surface area contributed by atoms with Crippen LogP contribution in [0.5, 0.6) is 0 Å². The second-order valence-electron chi connectivity index (χ2n) is 6.98. The van der Waals surface area contributed by atoms with Gasteiger partial charge in [0.25, 0.3) is 11.8 Å². The summed E-state index contributed by atoms with van der Waals surface area (Å²) in [4.78, 5) is 30.1. The smallest absolute Gasteiger partial charge is 0.257 e. The summed E-state index contributed by atoms with van der Waals surface area (Å²) in [6, 6.07) is 6.65. The number of amides is 2. The van der Waals surface area contributed by atoms with Crippen molar-refractivity contribution in [3.05, 3.63) is 46.0 Å². The molecule has 5 nitrogen and oxygen atoms in total. The molecule has 0 bridgehead atoms. The fourth-order valence-electron chi connectivity index (χ4n) is 2.60. The van der Waals surface area contributed by atoms with Crippen molar-refractivity contribution in [2.75, 3.05) is 5.32 Å². The Kier molecular flexibility index (Phi) is 4.41. The van der Waals surface area contributed by atoms with Crippen LogP contribution in [-0.4, -0.2) is 22.3 Å². The summed E-state index contributed by atoms with van der Waals surface area (Å²) in [6.45, 7) is 5.79. The first-order chi connectivity index (χ1) is 11.3. The number of anilines is 1. The van der Waals surface area contributed by atoms with E-state index in [9.17, 15) is 9.59 Å². The van der Waals surface area contributed by atoms with Gasteiger partial charge in [-0.2, -0.15) is 0 Å². The van der Waals surface area contributed by atoms with Crippen molar-refractivity contribution in [2.24, 2.45) is 0 Å². The molecule has 1 aliphatic rings. The van der Waals surface area contributed by atoms with Gasteiger partial charge in [-0.1, -0.05) is 0 Å². The minimum Gasteiger partial charge on any atom is -0.347 e. The van der Waals surface area contributed by atoms with Gasteiger partial charge in [0.05, 0.1) is 5.69 Å². The second kappa shape index (κ2) is 6.36. The van der Waals surface area contributed by atoms with Crippen molar-refractivity contribution >= 4 is 28.3 Å². The lowest BCUT2D eigenvalue weighted by molar-refractivity contribution is 0.0918. The van der Waals surface area contributed by atoms with Crippen LogP contribution in [0.25, 0.3) is 0 Å². The van der Waals surface area contributed by atoms with Gasteiger partial charge in [0.1, 0.15) is 0 Å². The van der Waals surface area contributed by atoms with Gasteiger partial charge < -0.3 is 5.32 Å². The summed E-state index contributed by atoms with van der Waals surface area (Å²) < 4.78 is 0. The molecular formula is C18H21N3O2S. The molecule has 2 N–H and O–H groups in total. The number of fused-ring (bicyclic) bond motifs is 1. The van der Waals surface area contributed by atoms with Crippen LogP contribution in [0, 0.1) is 0 Å². The van der Waals surface area contributed by atoms with E-state index in [1.54, 1.807) is 35.6 Å². The molecular weight excluding hydrogens is 322 g/mol. The normalized spacial score (nSPS) is 13.5. The molecule has 0 radical (unpaired) electrons. The number of aromatic nitrogens is 1. The van der Waals surface area contributed by atoms with Gasteiger partial charge in [0.15, 0.2) is 5.13 Å². The average molecular weight is 343 g/mol. The van der Waals surface area contributed by atoms with E-state index in [0.717, 1.165) is 25.0 Å². The standard InChI is InChI=1S/C18H21N3O2S/c1-18(2,3)21-16(23)12-9-7-11(8-10-12)15(22)20-17-19-13-5-4-6-14(13)24-17/h7-10H,4-6H2,1-3H3,(H,21,23)(H,19,20,22). The molecule has 2 aromatic rings. The molecule has 0 saturated heterocycles. The predicted octanol–water partition coefficient (Wildman–Crippen LogP) is 3.41. The number of hydrogen-bond acceptors (Lipinski definition) is 4. The van der Waals surface area contributed by atoms with Gasteiger partial charge >= 0.3 is 0 Å². The molecule has 0 unspecified atom stereocenters. The Bertz CT molecular complexity index is 751. The van der Waals surface area contributed by atoms with Gasteiger partial charge in [-0.25, -0.2) is 4.98 Å². The van der Waals surface area contributed by atoms with Crippen molar-refractivity contribution in [3.8, 4) is 0 Å². The minimum absolute atomic E-state index is 0.147.